The van der Waals surface area contributed by atoms with E-state index in [9.17, 15) is 9.59 Å². The van der Waals surface area contributed by atoms with Crippen molar-refractivity contribution in [2.75, 3.05) is 12.4 Å². The number of rotatable bonds is 6. The molecule has 0 aliphatic carbocycles. The topological polar surface area (TPSA) is 93.5 Å². The minimum atomic E-state index is -1.11. The van der Waals surface area contributed by atoms with Crippen LogP contribution in [0.25, 0.3) is 0 Å². The van der Waals surface area contributed by atoms with Crippen LogP contribution in [-0.2, 0) is 11.3 Å². The lowest BCUT2D eigenvalue weighted by Gasteiger charge is -2.10. The third kappa shape index (κ3) is 3.82. The van der Waals surface area contributed by atoms with E-state index >= 15 is 0 Å². The second kappa shape index (κ2) is 6.56. The summed E-state index contributed by atoms with van der Waals surface area (Å²) in [5.41, 5.74) is 0.240. The number of carbonyl (C=O) groups excluding carboxylic acids is 1. The molecule has 0 saturated heterocycles. The van der Waals surface area contributed by atoms with Gasteiger partial charge in [-0.05, 0) is 12.1 Å². The molecular weight excluding hydrogens is 274 g/mol. The molecule has 110 valence electrons. The van der Waals surface area contributed by atoms with Crippen molar-refractivity contribution in [1.82, 2.24) is 9.55 Å². The Labute approximate surface area is 121 Å². The van der Waals surface area contributed by atoms with E-state index in [4.69, 9.17) is 9.84 Å². The number of nitrogens with zero attached hydrogens (tertiary/aromatic N) is 2. The molecule has 2 aromatic rings. The van der Waals surface area contributed by atoms with Crippen LogP contribution in [-0.4, -0.2) is 33.6 Å². The van der Waals surface area contributed by atoms with Crippen molar-refractivity contribution in [3.05, 3.63) is 42.5 Å². The fourth-order valence-corrected chi connectivity index (χ4v) is 1.80. The Morgan fingerprint density at radius 2 is 2.24 bits per heavy atom. The molecule has 0 atom stereocenters. The van der Waals surface area contributed by atoms with Gasteiger partial charge in [0, 0.05) is 31.4 Å². The number of nitrogens with one attached hydrogen (secondary N) is 1. The molecule has 0 saturated carbocycles. The minimum absolute atomic E-state index is 0.0202. The van der Waals surface area contributed by atoms with Crippen LogP contribution in [0.5, 0.6) is 5.75 Å². The van der Waals surface area contributed by atoms with Crippen LogP contribution in [0.2, 0.25) is 0 Å². The second-order valence-corrected chi connectivity index (χ2v) is 4.32. The SMILES string of the molecule is COc1ccc(C(=O)O)c(NC(=O)CCn2ccnc2)c1. The summed E-state index contributed by atoms with van der Waals surface area (Å²) in [7, 11) is 1.47. The Kier molecular flexibility index (Phi) is 4.55. The van der Waals surface area contributed by atoms with Crippen molar-refractivity contribution in [2.45, 2.75) is 13.0 Å². The number of aryl methyl sites for hydroxylation is 1. The van der Waals surface area contributed by atoms with E-state index in [1.807, 2.05) is 0 Å². The number of carbonyl (C=O) groups is 2. The third-order valence-electron chi connectivity index (χ3n) is 2.89. The average Bonchev–Trinajstić information content (AvgIpc) is 2.98. The number of benzene rings is 1. The second-order valence-electron chi connectivity index (χ2n) is 4.32. The fraction of sp³-hybridized carbons (Fsp3) is 0.214. The molecule has 1 aromatic heterocycles. The normalized spacial score (nSPS) is 10.1. The van der Waals surface area contributed by atoms with E-state index < -0.39 is 5.97 Å². The van der Waals surface area contributed by atoms with E-state index in [1.165, 1.54) is 25.3 Å². The van der Waals surface area contributed by atoms with Crippen LogP contribution in [0.4, 0.5) is 5.69 Å². The Morgan fingerprint density at radius 3 is 2.86 bits per heavy atom. The van der Waals surface area contributed by atoms with Crippen LogP contribution in [0, 0.1) is 0 Å². The minimum Gasteiger partial charge on any atom is -0.497 e. The van der Waals surface area contributed by atoms with Gasteiger partial charge in [0.1, 0.15) is 5.75 Å². The average molecular weight is 289 g/mol. The predicted octanol–water partition coefficient (Wildman–Crippen LogP) is 1.62. The number of aromatic carboxylic acids is 1. The molecule has 1 heterocycles. The highest BCUT2D eigenvalue weighted by molar-refractivity contribution is 6.00. The number of imidazole rings is 1. The van der Waals surface area contributed by atoms with Crippen LogP contribution in [0.3, 0.4) is 0 Å². The maximum Gasteiger partial charge on any atom is 0.337 e. The van der Waals surface area contributed by atoms with Crippen molar-refractivity contribution >= 4 is 17.6 Å². The van der Waals surface area contributed by atoms with Crippen LogP contribution in [0.15, 0.2) is 36.9 Å². The molecule has 0 aliphatic heterocycles. The molecule has 1 amide bonds. The largest absolute Gasteiger partial charge is 0.497 e. The first-order valence-electron chi connectivity index (χ1n) is 6.27. The molecule has 0 spiro atoms. The zero-order valence-electron chi connectivity index (χ0n) is 11.4. The first kappa shape index (κ1) is 14.6. The monoisotopic (exact) mass is 289 g/mol. The molecule has 7 nitrogen and oxygen atoms in total. The summed E-state index contributed by atoms with van der Waals surface area (Å²) in [4.78, 5) is 26.9. The Hall–Kier alpha value is -2.83. The van der Waals surface area contributed by atoms with Crippen LogP contribution < -0.4 is 10.1 Å². The third-order valence-corrected chi connectivity index (χ3v) is 2.89. The van der Waals surface area contributed by atoms with Crippen molar-refractivity contribution < 1.29 is 19.4 Å². The van der Waals surface area contributed by atoms with Gasteiger partial charge in [-0.3, -0.25) is 4.79 Å². The van der Waals surface area contributed by atoms with Gasteiger partial charge in [-0.1, -0.05) is 0 Å². The first-order chi connectivity index (χ1) is 10.1. The van der Waals surface area contributed by atoms with E-state index in [1.54, 1.807) is 23.3 Å². The summed E-state index contributed by atoms with van der Waals surface area (Å²) >= 11 is 0. The van der Waals surface area contributed by atoms with Crippen LogP contribution in [0.1, 0.15) is 16.8 Å². The summed E-state index contributed by atoms with van der Waals surface area (Å²) < 4.78 is 6.80. The number of carboxylic acid groups (broad SMARTS) is 1. The van der Waals surface area contributed by atoms with E-state index in [2.05, 4.69) is 10.3 Å². The lowest BCUT2D eigenvalue weighted by Crippen LogP contribution is -2.16. The molecule has 7 heteroatoms. The van der Waals surface area contributed by atoms with Crippen molar-refractivity contribution in [1.29, 1.82) is 0 Å². The lowest BCUT2D eigenvalue weighted by molar-refractivity contribution is -0.116. The van der Waals surface area contributed by atoms with Gasteiger partial charge in [0.05, 0.1) is 24.7 Å². The lowest BCUT2D eigenvalue weighted by atomic mass is 10.1. The van der Waals surface area contributed by atoms with Crippen LogP contribution >= 0.6 is 0 Å². The molecule has 2 N–H and O–H groups in total. The number of aromatic nitrogens is 2. The Balaban J connectivity index is 2.06. The highest BCUT2D eigenvalue weighted by Crippen LogP contribution is 2.22. The number of anilines is 1. The first-order valence-corrected chi connectivity index (χ1v) is 6.27. The summed E-state index contributed by atoms with van der Waals surface area (Å²) in [5, 5.41) is 11.7. The van der Waals surface area contributed by atoms with Gasteiger partial charge in [-0.2, -0.15) is 0 Å². The number of amides is 1. The highest BCUT2D eigenvalue weighted by atomic mass is 16.5. The maximum absolute atomic E-state index is 11.9. The molecule has 2 rings (SSSR count). The zero-order valence-corrected chi connectivity index (χ0v) is 11.4. The van der Waals surface area contributed by atoms with Crippen molar-refractivity contribution in [3.63, 3.8) is 0 Å². The van der Waals surface area contributed by atoms with Gasteiger partial charge >= 0.3 is 5.97 Å². The molecule has 1 aromatic carbocycles. The maximum atomic E-state index is 11.9. The summed E-state index contributed by atoms with van der Waals surface area (Å²) in [6.07, 6.45) is 5.21. The van der Waals surface area contributed by atoms with Gasteiger partial charge in [-0.15, -0.1) is 0 Å². The Bertz CT molecular complexity index is 638. The zero-order chi connectivity index (χ0) is 15.2. The summed E-state index contributed by atoms with van der Waals surface area (Å²) in [6, 6.07) is 4.41. The molecule has 0 radical (unpaired) electrons. The van der Waals surface area contributed by atoms with Crippen molar-refractivity contribution in [2.24, 2.45) is 0 Å². The number of methoxy groups -OCH3 is 1. The predicted molar refractivity (Wildman–Crippen MR) is 75.4 cm³/mol. The molecular formula is C14H15N3O4. The van der Waals surface area contributed by atoms with Gasteiger partial charge in [-0.25, -0.2) is 9.78 Å². The smallest absolute Gasteiger partial charge is 0.337 e. The van der Waals surface area contributed by atoms with Crippen molar-refractivity contribution in [3.8, 4) is 5.75 Å². The van der Waals surface area contributed by atoms with E-state index in [0.29, 0.717) is 12.3 Å². The summed E-state index contributed by atoms with van der Waals surface area (Å²) in [6.45, 7) is 0.470. The molecule has 0 fully saturated rings. The van der Waals surface area contributed by atoms with Gasteiger partial charge in [0.2, 0.25) is 5.91 Å². The number of hydrogen-bond acceptors (Lipinski definition) is 4. The molecule has 21 heavy (non-hydrogen) atoms. The Morgan fingerprint density at radius 1 is 1.43 bits per heavy atom. The molecule has 0 bridgehead atoms. The van der Waals surface area contributed by atoms with E-state index in [0.717, 1.165) is 0 Å². The number of ether oxygens (including phenoxy) is 1. The number of carboxylic acids is 1. The quantitative estimate of drug-likeness (QED) is 0.842. The highest BCUT2D eigenvalue weighted by Gasteiger charge is 2.13. The van der Waals surface area contributed by atoms with Gasteiger partial charge < -0.3 is 19.7 Å². The molecule has 0 unspecified atom stereocenters. The summed E-state index contributed by atoms with van der Waals surface area (Å²) in [5.74, 6) is -0.910. The fourth-order valence-electron chi connectivity index (χ4n) is 1.80. The number of hydrogen-bond donors (Lipinski definition) is 2. The molecule has 0 aliphatic rings. The van der Waals surface area contributed by atoms with E-state index in [-0.39, 0.29) is 23.6 Å². The van der Waals surface area contributed by atoms with Gasteiger partial charge in [0.15, 0.2) is 0 Å². The standard InChI is InChI=1S/C14H15N3O4/c1-21-10-2-3-11(14(19)20)12(8-10)16-13(18)4-6-17-7-5-15-9-17/h2-3,5,7-9H,4,6H2,1H3,(H,16,18)(H,19,20). The van der Waals surface area contributed by atoms with Gasteiger partial charge in [0.25, 0.3) is 0 Å².